The van der Waals surface area contributed by atoms with Gasteiger partial charge >= 0.3 is 0 Å². The summed E-state index contributed by atoms with van der Waals surface area (Å²) in [6.07, 6.45) is 0. The normalized spacial score (nSPS) is 13.1. The van der Waals surface area contributed by atoms with E-state index < -0.39 is 0 Å². The zero-order valence-electron chi connectivity index (χ0n) is 30.1. The summed E-state index contributed by atoms with van der Waals surface area (Å²) in [5, 5.41) is 8.60. The molecule has 2 heteroatoms. The van der Waals surface area contributed by atoms with Gasteiger partial charge in [-0.05, 0) is 118 Å². The quantitative estimate of drug-likeness (QED) is 0.166. The minimum absolute atomic E-state index is 0.0885. The van der Waals surface area contributed by atoms with Crippen molar-refractivity contribution >= 4 is 53.9 Å². The van der Waals surface area contributed by atoms with Crippen molar-refractivity contribution in [3.8, 4) is 55.1 Å². The third-order valence-electron chi connectivity index (χ3n) is 11.7. The van der Waals surface area contributed by atoms with Crippen LogP contribution in [-0.4, -0.2) is 4.98 Å². The van der Waals surface area contributed by atoms with Gasteiger partial charge in [0.15, 0.2) is 0 Å². The number of hydrogen-bond acceptors (Lipinski definition) is 2. The number of aromatic nitrogens is 1. The number of benzene rings is 9. The average Bonchev–Trinajstić information content (AvgIpc) is 3.76. The lowest BCUT2D eigenvalue weighted by Gasteiger charge is -2.23. The Morgan fingerprint density at radius 2 is 1.00 bits per heavy atom. The Morgan fingerprint density at radius 3 is 1.83 bits per heavy atom. The molecule has 10 aromatic rings. The van der Waals surface area contributed by atoms with E-state index in [1.165, 1.54) is 92.7 Å². The molecule has 1 aliphatic carbocycles. The summed E-state index contributed by atoms with van der Waals surface area (Å²) >= 11 is 1.75. The maximum atomic E-state index is 4.95. The second kappa shape index (κ2) is 11.8. The lowest BCUT2D eigenvalue weighted by atomic mass is 9.80. The first-order valence-electron chi connectivity index (χ1n) is 18.7. The minimum Gasteiger partial charge on any atom is -0.236 e. The molecule has 0 unspecified atom stereocenters. The van der Waals surface area contributed by atoms with Crippen molar-refractivity contribution in [1.82, 2.24) is 4.98 Å². The molecule has 9 aromatic carbocycles. The van der Waals surface area contributed by atoms with Gasteiger partial charge in [-0.25, -0.2) is 4.98 Å². The summed E-state index contributed by atoms with van der Waals surface area (Å²) in [6.45, 7) is 4.74. The Hall–Kier alpha value is -6.35. The van der Waals surface area contributed by atoms with Gasteiger partial charge in [-0.1, -0.05) is 159 Å². The summed E-state index contributed by atoms with van der Waals surface area (Å²) in [6, 6.07) is 65.1. The van der Waals surface area contributed by atoms with Crippen LogP contribution in [0.3, 0.4) is 0 Å². The number of nitrogens with zero attached hydrogens (tertiary/aromatic N) is 1. The van der Waals surface area contributed by atoms with Gasteiger partial charge in [0, 0.05) is 11.0 Å². The molecule has 0 amide bonds. The van der Waals surface area contributed by atoms with Crippen molar-refractivity contribution in [3.63, 3.8) is 0 Å². The number of hydrogen-bond donors (Lipinski definition) is 0. The molecule has 0 fully saturated rings. The van der Waals surface area contributed by atoms with Crippen LogP contribution in [0.2, 0.25) is 0 Å². The molecule has 0 spiro atoms. The molecule has 54 heavy (non-hydrogen) atoms. The fraction of sp³-hybridized carbons (Fsp3) is 0.0577. The molecule has 0 N–H and O–H groups in total. The summed E-state index contributed by atoms with van der Waals surface area (Å²) < 4.78 is 1.21. The average molecular weight is 706 g/mol. The van der Waals surface area contributed by atoms with Gasteiger partial charge in [0.1, 0.15) is 5.01 Å². The summed E-state index contributed by atoms with van der Waals surface area (Å²) in [7, 11) is 0. The minimum atomic E-state index is -0.0885. The Morgan fingerprint density at radius 1 is 0.407 bits per heavy atom. The lowest BCUT2D eigenvalue weighted by molar-refractivity contribution is 0.660. The standard InChI is InChI=1S/C52H35NS/c1-52(2)45-16-8-7-13-39(45)40-27-26-38(31-46(40)52)50-42-15-6-5-14-41(42)49(33-20-22-34(23-21-33)51-53-47-17-9-10-18-48(47)54-51)43-28-25-37(30-44(43)50)36-24-19-32-11-3-4-12-35(32)29-36/h3-31H,1-2H3. The van der Waals surface area contributed by atoms with Crippen molar-refractivity contribution < 1.29 is 0 Å². The Labute approximate surface area is 318 Å². The van der Waals surface area contributed by atoms with Crippen LogP contribution < -0.4 is 0 Å². The smallest absolute Gasteiger partial charge is 0.124 e. The van der Waals surface area contributed by atoms with Gasteiger partial charge < -0.3 is 0 Å². The van der Waals surface area contributed by atoms with Crippen LogP contribution in [0.15, 0.2) is 176 Å². The van der Waals surface area contributed by atoms with Gasteiger partial charge in [0.2, 0.25) is 0 Å². The largest absolute Gasteiger partial charge is 0.236 e. The van der Waals surface area contributed by atoms with Crippen molar-refractivity contribution in [3.05, 3.63) is 187 Å². The van der Waals surface area contributed by atoms with E-state index in [0.717, 1.165) is 16.1 Å². The second-order valence-corrected chi connectivity index (χ2v) is 16.1. The van der Waals surface area contributed by atoms with Gasteiger partial charge in [0.05, 0.1) is 10.2 Å². The predicted octanol–water partition coefficient (Wildman–Crippen LogP) is 14.7. The van der Waals surface area contributed by atoms with Crippen LogP contribution in [0.5, 0.6) is 0 Å². The molecule has 0 aliphatic heterocycles. The van der Waals surface area contributed by atoms with E-state index in [4.69, 9.17) is 4.98 Å². The Balaban J connectivity index is 1.16. The van der Waals surface area contributed by atoms with E-state index in [1.807, 2.05) is 0 Å². The van der Waals surface area contributed by atoms with Crippen molar-refractivity contribution in [2.45, 2.75) is 19.3 Å². The van der Waals surface area contributed by atoms with E-state index in [-0.39, 0.29) is 5.41 Å². The van der Waals surface area contributed by atoms with E-state index in [0.29, 0.717) is 0 Å². The first kappa shape index (κ1) is 31.2. The molecule has 11 rings (SSSR count). The molecule has 1 heterocycles. The van der Waals surface area contributed by atoms with Crippen molar-refractivity contribution in [2.24, 2.45) is 0 Å². The predicted molar refractivity (Wildman–Crippen MR) is 231 cm³/mol. The first-order chi connectivity index (χ1) is 26.5. The number of fused-ring (bicyclic) bond motifs is 7. The summed E-state index contributed by atoms with van der Waals surface area (Å²) in [5.74, 6) is 0. The van der Waals surface area contributed by atoms with Gasteiger partial charge in [0.25, 0.3) is 0 Å². The molecule has 0 atom stereocenters. The first-order valence-corrected chi connectivity index (χ1v) is 19.5. The van der Waals surface area contributed by atoms with Crippen LogP contribution in [0, 0.1) is 0 Å². The molecule has 254 valence electrons. The van der Waals surface area contributed by atoms with Crippen molar-refractivity contribution in [1.29, 1.82) is 0 Å². The molecule has 1 nitrogen and oxygen atoms in total. The number of thiazole rings is 1. The van der Waals surface area contributed by atoms with E-state index in [1.54, 1.807) is 11.3 Å². The molecule has 0 bridgehead atoms. The van der Waals surface area contributed by atoms with Crippen LogP contribution in [0.25, 0.3) is 97.6 Å². The van der Waals surface area contributed by atoms with Gasteiger partial charge in [-0.2, -0.15) is 0 Å². The fourth-order valence-corrected chi connectivity index (χ4v) is 9.95. The maximum absolute atomic E-state index is 4.95. The van der Waals surface area contributed by atoms with Crippen LogP contribution >= 0.6 is 11.3 Å². The van der Waals surface area contributed by atoms with Crippen molar-refractivity contribution in [2.75, 3.05) is 0 Å². The molecule has 1 aromatic heterocycles. The highest BCUT2D eigenvalue weighted by atomic mass is 32.1. The Kier molecular flexibility index (Phi) is 6.84. The fourth-order valence-electron chi connectivity index (χ4n) is 8.98. The third-order valence-corrected chi connectivity index (χ3v) is 12.8. The van der Waals surface area contributed by atoms with Gasteiger partial charge in [-0.15, -0.1) is 11.3 Å². The number of rotatable bonds is 4. The zero-order chi connectivity index (χ0) is 36.0. The maximum Gasteiger partial charge on any atom is 0.124 e. The van der Waals surface area contributed by atoms with E-state index >= 15 is 0 Å². The molecule has 0 saturated heterocycles. The lowest BCUT2D eigenvalue weighted by Crippen LogP contribution is -2.14. The van der Waals surface area contributed by atoms with Crippen LogP contribution in [-0.2, 0) is 5.41 Å². The molecule has 0 saturated carbocycles. The highest BCUT2D eigenvalue weighted by Crippen LogP contribution is 2.51. The monoisotopic (exact) mass is 705 g/mol. The molecular weight excluding hydrogens is 671 g/mol. The van der Waals surface area contributed by atoms with E-state index in [2.05, 4.69) is 190 Å². The Bertz CT molecular complexity index is 3090. The molecule has 0 radical (unpaired) electrons. The molecular formula is C52H35NS. The van der Waals surface area contributed by atoms with Crippen LogP contribution in [0.1, 0.15) is 25.0 Å². The summed E-state index contributed by atoms with van der Waals surface area (Å²) in [4.78, 5) is 4.95. The third kappa shape index (κ3) is 4.73. The highest BCUT2D eigenvalue weighted by molar-refractivity contribution is 7.21. The van der Waals surface area contributed by atoms with Crippen LogP contribution in [0.4, 0.5) is 0 Å². The highest BCUT2D eigenvalue weighted by Gasteiger charge is 2.35. The summed E-state index contributed by atoms with van der Waals surface area (Å²) in [5.41, 5.74) is 15.0. The van der Waals surface area contributed by atoms with Gasteiger partial charge in [-0.3, -0.25) is 0 Å². The second-order valence-electron chi connectivity index (χ2n) is 15.1. The van der Waals surface area contributed by atoms with E-state index in [9.17, 15) is 0 Å². The topological polar surface area (TPSA) is 12.9 Å². The number of para-hydroxylation sites is 1. The SMILES string of the molecule is CC1(C)c2ccccc2-c2ccc(-c3c4ccccc4c(-c4ccc(-c5nc6ccccc6s5)cc4)c4ccc(-c5ccc6ccccc6c5)cc34)cc21. The zero-order valence-corrected chi connectivity index (χ0v) is 30.9. The molecule has 1 aliphatic rings.